The number of nitrogens with zero attached hydrogens (tertiary/aromatic N) is 2. The van der Waals surface area contributed by atoms with E-state index >= 15 is 0 Å². The van der Waals surface area contributed by atoms with E-state index in [1.807, 2.05) is 36.9 Å². The van der Waals surface area contributed by atoms with Crippen molar-refractivity contribution in [2.24, 2.45) is 0 Å². The van der Waals surface area contributed by atoms with E-state index in [2.05, 4.69) is 27.9 Å². The first-order valence-electron chi connectivity index (χ1n) is 6.70. The highest BCUT2D eigenvalue weighted by Gasteiger charge is 2.04. The molecule has 0 aliphatic rings. The Morgan fingerprint density at radius 2 is 2.26 bits per heavy atom. The molecule has 3 nitrogen and oxygen atoms in total. The van der Waals surface area contributed by atoms with Crippen LogP contribution in [0.5, 0.6) is 0 Å². The van der Waals surface area contributed by atoms with Gasteiger partial charge in [-0.25, -0.2) is 4.98 Å². The predicted octanol–water partition coefficient (Wildman–Crippen LogP) is 3.67. The Morgan fingerprint density at radius 3 is 3.00 bits per heavy atom. The molecule has 0 aliphatic carbocycles. The van der Waals surface area contributed by atoms with Crippen molar-refractivity contribution in [3.8, 4) is 0 Å². The molecule has 0 amide bonds. The molecule has 19 heavy (non-hydrogen) atoms. The van der Waals surface area contributed by atoms with Crippen LogP contribution in [0.1, 0.15) is 31.4 Å². The number of halogens is 1. The minimum absolute atomic E-state index is 0.340. The summed E-state index contributed by atoms with van der Waals surface area (Å²) in [4.78, 5) is 4.03. The summed E-state index contributed by atoms with van der Waals surface area (Å²) in [5.41, 5.74) is 1.24. The second-order valence-electron chi connectivity index (χ2n) is 4.74. The third-order valence-corrected chi connectivity index (χ3v) is 3.44. The van der Waals surface area contributed by atoms with Crippen LogP contribution in [-0.4, -0.2) is 16.1 Å². The monoisotopic (exact) mass is 277 g/mol. The summed E-state index contributed by atoms with van der Waals surface area (Å²) >= 11 is 5.99. The molecular formula is C15H20ClN3. The molecule has 2 rings (SSSR count). The van der Waals surface area contributed by atoms with Crippen molar-refractivity contribution in [3.63, 3.8) is 0 Å². The van der Waals surface area contributed by atoms with Gasteiger partial charge in [0.05, 0.1) is 6.33 Å². The molecule has 0 radical (unpaired) electrons. The summed E-state index contributed by atoms with van der Waals surface area (Å²) in [6, 6.07) is 8.37. The highest BCUT2D eigenvalue weighted by Crippen LogP contribution is 2.17. The van der Waals surface area contributed by atoms with E-state index < -0.39 is 0 Å². The summed E-state index contributed by atoms with van der Waals surface area (Å²) in [5.74, 6) is 0. The maximum Gasteiger partial charge on any atom is 0.0945 e. The molecule has 0 spiro atoms. The summed E-state index contributed by atoms with van der Waals surface area (Å²) in [6.07, 6.45) is 8.00. The minimum atomic E-state index is 0.340. The first-order valence-corrected chi connectivity index (χ1v) is 7.08. The van der Waals surface area contributed by atoms with E-state index in [4.69, 9.17) is 11.6 Å². The number of nitrogens with one attached hydrogen (secondary N) is 1. The van der Waals surface area contributed by atoms with E-state index in [0.717, 1.165) is 31.0 Å². The Balaban J connectivity index is 1.65. The average Bonchev–Trinajstić information content (AvgIpc) is 2.91. The number of unbranched alkanes of at least 4 members (excludes halogenated alkanes) is 1. The average molecular weight is 278 g/mol. The van der Waals surface area contributed by atoms with Crippen LogP contribution in [0.2, 0.25) is 5.02 Å². The van der Waals surface area contributed by atoms with Gasteiger partial charge < -0.3 is 9.88 Å². The highest BCUT2D eigenvalue weighted by atomic mass is 35.5. The van der Waals surface area contributed by atoms with Crippen LogP contribution in [0.3, 0.4) is 0 Å². The Kier molecular flexibility index (Phi) is 5.43. The zero-order valence-electron chi connectivity index (χ0n) is 11.2. The largest absolute Gasteiger partial charge is 0.337 e. The SMILES string of the molecule is CC(NCCCCn1ccnc1)c1cccc(Cl)c1. The number of aryl methyl sites for hydroxylation is 1. The van der Waals surface area contributed by atoms with Crippen LogP contribution in [0, 0.1) is 0 Å². The highest BCUT2D eigenvalue weighted by molar-refractivity contribution is 6.30. The predicted molar refractivity (Wildman–Crippen MR) is 79.3 cm³/mol. The molecule has 1 unspecified atom stereocenters. The van der Waals surface area contributed by atoms with Crippen molar-refractivity contribution in [1.82, 2.24) is 14.9 Å². The molecule has 1 N–H and O–H groups in total. The first kappa shape index (κ1) is 14.1. The molecule has 0 bridgehead atoms. The Morgan fingerprint density at radius 1 is 1.37 bits per heavy atom. The van der Waals surface area contributed by atoms with Gasteiger partial charge in [0.2, 0.25) is 0 Å². The van der Waals surface area contributed by atoms with Crippen LogP contribution in [-0.2, 0) is 6.54 Å². The van der Waals surface area contributed by atoms with Gasteiger partial charge in [-0.3, -0.25) is 0 Å². The topological polar surface area (TPSA) is 29.9 Å². The molecule has 0 fully saturated rings. The molecule has 0 saturated heterocycles. The fraction of sp³-hybridized carbons (Fsp3) is 0.400. The first-order chi connectivity index (χ1) is 9.25. The number of rotatable bonds is 7. The molecule has 4 heteroatoms. The van der Waals surface area contributed by atoms with E-state index in [1.54, 1.807) is 0 Å². The van der Waals surface area contributed by atoms with Crippen LogP contribution < -0.4 is 5.32 Å². The molecule has 1 aromatic carbocycles. The van der Waals surface area contributed by atoms with Gasteiger partial charge in [-0.05, 0) is 44.0 Å². The number of imidazole rings is 1. The maximum atomic E-state index is 5.99. The second-order valence-corrected chi connectivity index (χ2v) is 5.17. The molecule has 2 aromatic rings. The van der Waals surface area contributed by atoms with Gasteiger partial charge in [-0.15, -0.1) is 0 Å². The number of aromatic nitrogens is 2. The summed E-state index contributed by atoms with van der Waals surface area (Å²) in [5, 5.41) is 4.32. The third-order valence-electron chi connectivity index (χ3n) is 3.20. The fourth-order valence-electron chi connectivity index (χ4n) is 2.05. The summed E-state index contributed by atoms with van der Waals surface area (Å²) in [7, 11) is 0. The van der Waals surface area contributed by atoms with Gasteiger partial charge in [-0.2, -0.15) is 0 Å². The molecule has 0 aliphatic heterocycles. The van der Waals surface area contributed by atoms with Gasteiger partial charge in [0, 0.05) is 30.0 Å². The molecular weight excluding hydrogens is 258 g/mol. The normalized spacial score (nSPS) is 12.5. The lowest BCUT2D eigenvalue weighted by Gasteiger charge is -2.14. The number of benzene rings is 1. The van der Waals surface area contributed by atoms with Crippen molar-refractivity contribution < 1.29 is 0 Å². The van der Waals surface area contributed by atoms with Crippen molar-refractivity contribution >= 4 is 11.6 Å². The molecule has 1 heterocycles. The van der Waals surface area contributed by atoms with Crippen molar-refractivity contribution in [1.29, 1.82) is 0 Å². The third kappa shape index (κ3) is 4.69. The Labute approximate surface area is 119 Å². The molecule has 1 atom stereocenters. The fourth-order valence-corrected chi connectivity index (χ4v) is 2.25. The van der Waals surface area contributed by atoms with Crippen LogP contribution in [0.4, 0.5) is 0 Å². The quantitative estimate of drug-likeness (QED) is 0.783. The smallest absolute Gasteiger partial charge is 0.0945 e. The minimum Gasteiger partial charge on any atom is -0.337 e. The standard InChI is InChI=1S/C15H20ClN3/c1-13(14-5-4-6-15(16)11-14)18-7-2-3-9-19-10-8-17-12-19/h4-6,8,10-13,18H,2-3,7,9H2,1H3. The Bertz CT molecular complexity index is 482. The van der Waals surface area contributed by atoms with Crippen molar-refractivity contribution in [3.05, 3.63) is 53.6 Å². The molecule has 1 aromatic heterocycles. The zero-order chi connectivity index (χ0) is 13.5. The van der Waals surface area contributed by atoms with Gasteiger partial charge >= 0.3 is 0 Å². The van der Waals surface area contributed by atoms with Gasteiger partial charge in [0.15, 0.2) is 0 Å². The summed E-state index contributed by atoms with van der Waals surface area (Å²) in [6.45, 7) is 4.22. The van der Waals surface area contributed by atoms with Crippen LogP contribution >= 0.6 is 11.6 Å². The van der Waals surface area contributed by atoms with Crippen LogP contribution in [0.15, 0.2) is 43.0 Å². The lowest BCUT2D eigenvalue weighted by Crippen LogP contribution is -2.20. The Hall–Kier alpha value is -1.32. The molecule has 102 valence electrons. The van der Waals surface area contributed by atoms with Gasteiger partial charge in [0.25, 0.3) is 0 Å². The zero-order valence-corrected chi connectivity index (χ0v) is 12.0. The van der Waals surface area contributed by atoms with Gasteiger partial charge in [0.1, 0.15) is 0 Å². The van der Waals surface area contributed by atoms with E-state index in [-0.39, 0.29) is 0 Å². The van der Waals surface area contributed by atoms with E-state index in [1.165, 1.54) is 5.56 Å². The van der Waals surface area contributed by atoms with Crippen LogP contribution in [0.25, 0.3) is 0 Å². The summed E-state index contributed by atoms with van der Waals surface area (Å²) < 4.78 is 2.11. The number of hydrogen-bond acceptors (Lipinski definition) is 2. The lowest BCUT2D eigenvalue weighted by atomic mass is 10.1. The van der Waals surface area contributed by atoms with Crippen molar-refractivity contribution in [2.45, 2.75) is 32.4 Å². The maximum absolute atomic E-state index is 5.99. The van der Waals surface area contributed by atoms with E-state index in [9.17, 15) is 0 Å². The van der Waals surface area contributed by atoms with Crippen molar-refractivity contribution in [2.75, 3.05) is 6.54 Å². The van der Waals surface area contributed by atoms with E-state index in [0.29, 0.717) is 6.04 Å². The second kappa shape index (κ2) is 7.31. The molecule has 0 saturated carbocycles. The van der Waals surface area contributed by atoms with Gasteiger partial charge in [-0.1, -0.05) is 23.7 Å². The lowest BCUT2D eigenvalue weighted by molar-refractivity contribution is 0.523. The number of hydrogen-bond donors (Lipinski definition) is 1.